The van der Waals surface area contributed by atoms with Gasteiger partial charge in [0.25, 0.3) is 0 Å². The van der Waals surface area contributed by atoms with Gasteiger partial charge < -0.3 is 15.0 Å². The van der Waals surface area contributed by atoms with Crippen molar-refractivity contribution in [3.05, 3.63) is 35.9 Å². The molecule has 1 fully saturated rings. The van der Waals surface area contributed by atoms with E-state index in [0.29, 0.717) is 12.1 Å². The Morgan fingerprint density at radius 2 is 1.81 bits per heavy atom. The second kappa shape index (κ2) is 6.07. The van der Waals surface area contributed by atoms with Gasteiger partial charge >= 0.3 is 0 Å². The number of rotatable bonds is 5. The average Bonchev–Trinajstić information content (AvgIpc) is 2.58. The third-order valence-corrected chi connectivity index (χ3v) is 4.44. The number of nitrogens with zero attached hydrogens (tertiary/aromatic N) is 1. The van der Waals surface area contributed by atoms with Crippen LogP contribution in [0.15, 0.2) is 30.3 Å². The number of hydrogen-bond donors (Lipinski definition) is 1. The Hall–Kier alpha value is -0.900. The molecule has 0 aromatic heterocycles. The van der Waals surface area contributed by atoms with Crippen LogP contribution in [0.5, 0.6) is 0 Å². The van der Waals surface area contributed by atoms with Gasteiger partial charge in [-0.15, -0.1) is 0 Å². The van der Waals surface area contributed by atoms with Crippen molar-refractivity contribution in [2.24, 2.45) is 0 Å². The van der Waals surface area contributed by atoms with Crippen LogP contribution in [0, 0.1) is 0 Å². The van der Waals surface area contributed by atoms with Crippen molar-refractivity contribution < 1.29 is 4.74 Å². The number of hydrogen-bond acceptors (Lipinski definition) is 3. The van der Waals surface area contributed by atoms with Gasteiger partial charge in [-0.1, -0.05) is 30.3 Å². The molecule has 0 saturated carbocycles. The molecule has 0 amide bonds. The van der Waals surface area contributed by atoms with E-state index in [1.807, 2.05) is 0 Å². The Kier molecular flexibility index (Phi) is 4.76. The zero-order valence-corrected chi connectivity index (χ0v) is 14.3. The van der Waals surface area contributed by atoms with Crippen molar-refractivity contribution in [3.63, 3.8) is 0 Å². The molecule has 0 bridgehead atoms. The third kappa shape index (κ3) is 4.06. The van der Waals surface area contributed by atoms with Crippen LogP contribution in [-0.4, -0.2) is 42.8 Å². The Balaban J connectivity index is 2.03. The monoisotopic (exact) mass is 290 g/mol. The van der Waals surface area contributed by atoms with Crippen LogP contribution in [0.25, 0.3) is 0 Å². The maximum atomic E-state index is 6.17. The molecule has 1 aromatic carbocycles. The minimum absolute atomic E-state index is 0.0402. The van der Waals surface area contributed by atoms with Crippen LogP contribution < -0.4 is 5.32 Å². The lowest BCUT2D eigenvalue weighted by atomic mass is 9.94. The molecule has 3 nitrogen and oxygen atoms in total. The molecule has 1 aliphatic rings. The van der Waals surface area contributed by atoms with E-state index in [4.69, 9.17) is 4.74 Å². The predicted molar refractivity (Wildman–Crippen MR) is 88.5 cm³/mol. The predicted octanol–water partition coefficient (Wildman–Crippen LogP) is 3.23. The van der Waals surface area contributed by atoms with Gasteiger partial charge in [0, 0.05) is 18.6 Å². The van der Waals surface area contributed by atoms with Crippen LogP contribution in [0.3, 0.4) is 0 Å². The van der Waals surface area contributed by atoms with Gasteiger partial charge in [-0.3, -0.25) is 0 Å². The second-order valence-electron chi connectivity index (χ2n) is 7.52. The van der Waals surface area contributed by atoms with Gasteiger partial charge in [0.15, 0.2) is 0 Å². The summed E-state index contributed by atoms with van der Waals surface area (Å²) in [7, 11) is 4.28. The van der Waals surface area contributed by atoms with Gasteiger partial charge in [-0.05, 0) is 53.8 Å². The average molecular weight is 290 g/mol. The molecule has 0 radical (unpaired) electrons. The first-order valence-electron chi connectivity index (χ1n) is 7.86. The molecule has 1 N–H and O–H groups in total. The van der Waals surface area contributed by atoms with Gasteiger partial charge in [0.1, 0.15) is 0 Å². The summed E-state index contributed by atoms with van der Waals surface area (Å²) >= 11 is 0. The molecule has 21 heavy (non-hydrogen) atoms. The summed E-state index contributed by atoms with van der Waals surface area (Å²) in [6.07, 6.45) is 1.05. The summed E-state index contributed by atoms with van der Waals surface area (Å²) in [5.74, 6) is 0. The fraction of sp³-hybridized carbons (Fsp3) is 0.667. The number of nitrogens with one attached hydrogen (secondary N) is 1. The van der Waals surface area contributed by atoms with E-state index in [1.165, 1.54) is 5.56 Å². The number of likely N-dealkylation sites (N-methyl/N-ethyl adjacent to an activating group) is 1. The van der Waals surface area contributed by atoms with E-state index in [2.05, 4.69) is 82.3 Å². The van der Waals surface area contributed by atoms with Crippen LogP contribution in [0.4, 0.5) is 0 Å². The second-order valence-corrected chi connectivity index (χ2v) is 7.52. The maximum Gasteiger partial charge on any atom is 0.0787 e. The first-order valence-corrected chi connectivity index (χ1v) is 7.86. The summed E-state index contributed by atoms with van der Waals surface area (Å²) in [5, 5.41) is 3.74. The van der Waals surface area contributed by atoms with Crippen LogP contribution in [0.2, 0.25) is 0 Å². The summed E-state index contributed by atoms with van der Waals surface area (Å²) in [4.78, 5) is 2.27. The highest BCUT2D eigenvalue weighted by Crippen LogP contribution is 2.37. The zero-order chi connectivity index (χ0) is 15.7. The largest absolute Gasteiger partial charge is 0.368 e. The zero-order valence-electron chi connectivity index (χ0n) is 14.3. The van der Waals surface area contributed by atoms with Gasteiger partial charge in [-0.2, -0.15) is 0 Å². The standard InChI is InChI=1S/C18H30N2O/c1-17(2)12-16(18(3,4)21-17)19-13-15(20(5)6)14-10-8-7-9-11-14/h7-11,15-16,19H,12-13H2,1-6H3. The Labute approximate surface area is 129 Å². The van der Waals surface area contributed by atoms with E-state index in [0.717, 1.165) is 13.0 Å². The van der Waals surface area contributed by atoms with Crippen LogP contribution in [-0.2, 0) is 4.74 Å². The quantitative estimate of drug-likeness (QED) is 0.901. The summed E-state index contributed by atoms with van der Waals surface area (Å²) in [6.45, 7) is 9.66. The first kappa shape index (κ1) is 16.5. The minimum atomic E-state index is -0.114. The normalized spacial score (nSPS) is 25.2. The molecule has 2 atom stereocenters. The molecule has 2 rings (SSSR count). The molecule has 1 aliphatic heterocycles. The Bertz CT molecular complexity index is 454. The van der Waals surface area contributed by atoms with E-state index in [9.17, 15) is 0 Å². The van der Waals surface area contributed by atoms with Gasteiger partial charge in [-0.25, -0.2) is 0 Å². The highest BCUT2D eigenvalue weighted by Gasteiger charge is 2.45. The summed E-state index contributed by atoms with van der Waals surface area (Å²) in [6, 6.07) is 11.5. The Morgan fingerprint density at radius 3 is 2.29 bits per heavy atom. The third-order valence-electron chi connectivity index (χ3n) is 4.44. The van der Waals surface area contributed by atoms with E-state index in [1.54, 1.807) is 0 Å². The van der Waals surface area contributed by atoms with Crippen molar-refractivity contribution in [2.75, 3.05) is 20.6 Å². The number of ether oxygens (including phenoxy) is 1. The molecule has 3 heteroatoms. The Morgan fingerprint density at radius 1 is 1.19 bits per heavy atom. The molecule has 1 saturated heterocycles. The van der Waals surface area contributed by atoms with Crippen molar-refractivity contribution >= 4 is 0 Å². The molecule has 1 heterocycles. The molecule has 2 unspecified atom stereocenters. The summed E-state index contributed by atoms with van der Waals surface area (Å²) < 4.78 is 6.17. The van der Waals surface area contributed by atoms with E-state index >= 15 is 0 Å². The molecule has 0 spiro atoms. The van der Waals surface area contributed by atoms with Crippen molar-refractivity contribution in [1.82, 2.24) is 10.2 Å². The maximum absolute atomic E-state index is 6.17. The fourth-order valence-corrected chi connectivity index (χ4v) is 3.41. The van der Waals surface area contributed by atoms with Crippen molar-refractivity contribution in [2.45, 2.75) is 57.4 Å². The van der Waals surface area contributed by atoms with Gasteiger partial charge in [0.2, 0.25) is 0 Å². The SMILES string of the molecule is CN(C)C(CNC1CC(C)(C)OC1(C)C)c1ccccc1. The molecular weight excluding hydrogens is 260 g/mol. The van der Waals surface area contributed by atoms with Crippen LogP contribution >= 0.6 is 0 Å². The van der Waals surface area contributed by atoms with Crippen molar-refractivity contribution in [1.29, 1.82) is 0 Å². The smallest absolute Gasteiger partial charge is 0.0787 e. The number of benzene rings is 1. The summed E-state index contributed by atoms with van der Waals surface area (Å²) in [5.41, 5.74) is 1.20. The lowest BCUT2D eigenvalue weighted by Gasteiger charge is -2.31. The molecular formula is C18H30N2O. The minimum Gasteiger partial charge on any atom is -0.368 e. The lowest BCUT2D eigenvalue weighted by Crippen LogP contribution is -2.46. The highest BCUT2D eigenvalue weighted by atomic mass is 16.5. The van der Waals surface area contributed by atoms with E-state index in [-0.39, 0.29) is 11.2 Å². The highest BCUT2D eigenvalue weighted by molar-refractivity contribution is 5.19. The van der Waals surface area contributed by atoms with Crippen molar-refractivity contribution in [3.8, 4) is 0 Å². The topological polar surface area (TPSA) is 24.5 Å². The van der Waals surface area contributed by atoms with E-state index < -0.39 is 0 Å². The molecule has 1 aromatic rings. The molecule has 0 aliphatic carbocycles. The fourth-order valence-electron chi connectivity index (χ4n) is 3.41. The lowest BCUT2D eigenvalue weighted by molar-refractivity contribution is -0.0700. The first-order chi connectivity index (χ1) is 9.71. The molecule has 118 valence electrons. The van der Waals surface area contributed by atoms with Gasteiger partial charge in [0.05, 0.1) is 11.2 Å². The van der Waals surface area contributed by atoms with Crippen LogP contribution in [0.1, 0.15) is 45.7 Å².